The Kier molecular flexibility index (Phi) is 5.66. The van der Waals surface area contributed by atoms with Gasteiger partial charge in [-0.15, -0.1) is 24.8 Å². The number of hydrogen-bond donors (Lipinski definition) is 0. The zero-order valence-corrected chi connectivity index (χ0v) is 11.3. The van der Waals surface area contributed by atoms with Gasteiger partial charge in [0.25, 0.3) is 0 Å². The molecule has 0 aromatic rings. The number of hydrogen-bond acceptors (Lipinski definition) is 0. The Balaban J connectivity index is 0.000000500. The molecule has 2 aliphatic carbocycles. The van der Waals surface area contributed by atoms with Crippen LogP contribution in [0.1, 0.15) is 12.8 Å². The van der Waals surface area contributed by atoms with Gasteiger partial charge in [-0.05, 0) is 0 Å². The molecule has 0 nitrogen and oxygen atoms in total. The van der Waals surface area contributed by atoms with Crippen LogP contribution in [0.15, 0.2) is 31.0 Å². The van der Waals surface area contributed by atoms with Crippen LogP contribution in [0, 0.1) is 0 Å². The molecule has 11 heavy (non-hydrogen) atoms. The van der Waals surface area contributed by atoms with Crippen LogP contribution in [0.4, 0.5) is 0 Å². The summed E-state index contributed by atoms with van der Waals surface area (Å²) in [7, 11) is 0. The van der Waals surface area contributed by atoms with E-state index in [1.807, 2.05) is 3.33 Å². The van der Waals surface area contributed by atoms with Crippen molar-refractivity contribution in [2.75, 3.05) is 0 Å². The zero-order chi connectivity index (χ0) is 6.10. The summed E-state index contributed by atoms with van der Waals surface area (Å²) in [6.45, 7) is 0. The summed E-state index contributed by atoms with van der Waals surface area (Å²) in [5.41, 5.74) is 0. The second-order valence-electron chi connectivity index (χ2n) is 2.38. The molecule has 0 saturated carbocycles. The minimum atomic E-state index is -0.367. The predicted molar refractivity (Wildman–Crippen MR) is 49.0 cm³/mol. The summed E-state index contributed by atoms with van der Waals surface area (Å²) in [5, 5.41) is 0. The maximum Gasteiger partial charge on any atom is -0.147 e. The van der Waals surface area contributed by atoms with Crippen molar-refractivity contribution in [1.82, 2.24) is 0 Å². The fourth-order valence-electron chi connectivity index (χ4n) is 0.899. The number of rotatable bonds is 2. The van der Waals surface area contributed by atoms with Crippen molar-refractivity contribution in [3.8, 4) is 0 Å². The third-order valence-corrected chi connectivity index (χ3v) is 6.61. The van der Waals surface area contributed by atoms with Gasteiger partial charge in [0.05, 0.1) is 0 Å². The van der Waals surface area contributed by atoms with E-state index in [0.29, 0.717) is 0 Å². The van der Waals surface area contributed by atoms with E-state index in [-0.39, 0.29) is 47.7 Å². The summed E-state index contributed by atoms with van der Waals surface area (Å²) in [6.07, 6.45) is 11.8. The van der Waals surface area contributed by atoms with Crippen molar-refractivity contribution in [3.63, 3.8) is 0 Å². The molecule has 3 heteroatoms. The summed E-state index contributed by atoms with van der Waals surface area (Å²) in [4.78, 5) is 0. The van der Waals surface area contributed by atoms with Crippen LogP contribution in [-0.4, -0.2) is 0 Å². The molecule has 0 saturated heterocycles. The third-order valence-electron chi connectivity index (χ3n) is 1.50. The van der Waals surface area contributed by atoms with Crippen LogP contribution in [0.5, 0.6) is 0 Å². The molecule has 0 bridgehead atoms. The average Bonchev–Trinajstić information content (AvgIpc) is 2.46. The summed E-state index contributed by atoms with van der Waals surface area (Å²) in [5.74, 6) is 0. The number of halogens is 2. The zero-order valence-electron chi connectivity index (χ0n) is 6.04. The van der Waals surface area contributed by atoms with E-state index < -0.39 is 0 Å². The van der Waals surface area contributed by atoms with E-state index in [1.54, 1.807) is 3.33 Å². The first-order valence-electron chi connectivity index (χ1n) is 3.27. The molecule has 0 atom stereocenters. The molecule has 0 aliphatic heterocycles. The Morgan fingerprint density at radius 1 is 1.09 bits per heavy atom. The monoisotopic (exact) mass is 356 g/mol. The minimum absolute atomic E-state index is 0. The summed E-state index contributed by atoms with van der Waals surface area (Å²) in [6, 6.07) is 0. The SMILES string of the molecule is C1=CC[C]([Hf][C]2=CC2)=C1.Cl.Cl. The van der Waals surface area contributed by atoms with Crippen molar-refractivity contribution < 1.29 is 22.9 Å². The summed E-state index contributed by atoms with van der Waals surface area (Å²) >= 11 is -0.367. The van der Waals surface area contributed by atoms with E-state index in [9.17, 15) is 0 Å². The third kappa shape index (κ3) is 3.73. The van der Waals surface area contributed by atoms with Crippen LogP contribution in [0.3, 0.4) is 0 Å². The molecule has 0 heterocycles. The molecule has 0 aromatic carbocycles. The van der Waals surface area contributed by atoms with Crippen molar-refractivity contribution in [2.45, 2.75) is 12.8 Å². The standard InChI is InChI=1S/C5H5.C3H3.2ClH.Hf/c1-2-4-5-3-1;1-2-3-1;;;/h1-3H,4H2;1H,2H2;2*1H;. The Hall–Kier alpha value is 0.670. The smallest absolute Gasteiger partial charge is 0.147 e. The van der Waals surface area contributed by atoms with Crippen molar-refractivity contribution >= 4 is 24.8 Å². The van der Waals surface area contributed by atoms with Gasteiger partial charge in [0.2, 0.25) is 0 Å². The fourth-order valence-corrected chi connectivity index (χ4v) is 4.92. The molecule has 0 spiro atoms. The van der Waals surface area contributed by atoms with Crippen molar-refractivity contribution in [1.29, 1.82) is 0 Å². The van der Waals surface area contributed by atoms with Gasteiger partial charge in [0, 0.05) is 0 Å². The van der Waals surface area contributed by atoms with Crippen LogP contribution >= 0.6 is 24.8 Å². The van der Waals surface area contributed by atoms with E-state index in [4.69, 9.17) is 0 Å². The normalized spacial score (nSPS) is 17.5. The molecule has 0 fully saturated rings. The topological polar surface area (TPSA) is 0 Å². The Morgan fingerprint density at radius 3 is 2.27 bits per heavy atom. The molecule has 60 valence electrons. The van der Waals surface area contributed by atoms with Crippen LogP contribution in [0.25, 0.3) is 0 Å². The molecule has 0 amide bonds. The van der Waals surface area contributed by atoms with Crippen LogP contribution < -0.4 is 0 Å². The predicted octanol–water partition coefficient (Wildman–Crippen LogP) is 3.04. The van der Waals surface area contributed by atoms with E-state index >= 15 is 0 Å². The molecule has 0 aromatic heterocycles. The quantitative estimate of drug-likeness (QED) is 0.668. The van der Waals surface area contributed by atoms with Gasteiger partial charge in [0.15, 0.2) is 0 Å². The Bertz CT molecular complexity index is 216. The first-order valence-corrected chi connectivity index (χ1v) is 6.86. The van der Waals surface area contributed by atoms with Crippen molar-refractivity contribution in [3.05, 3.63) is 31.0 Å². The van der Waals surface area contributed by atoms with Gasteiger partial charge in [-0.1, -0.05) is 0 Å². The van der Waals surface area contributed by atoms with E-state index in [1.165, 1.54) is 12.8 Å². The Morgan fingerprint density at radius 2 is 1.82 bits per heavy atom. The van der Waals surface area contributed by atoms with Gasteiger partial charge in [-0.2, -0.15) is 0 Å². The maximum atomic E-state index is 2.39. The molecule has 0 radical (unpaired) electrons. The molecule has 2 rings (SSSR count). The molecular weight excluding hydrogens is 345 g/mol. The van der Waals surface area contributed by atoms with E-state index in [2.05, 4.69) is 24.3 Å². The van der Waals surface area contributed by atoms with Gasteiger partial charge >= 0.3 is 66.7 Å². The summed E-state index contributed by atoms with van der Waals surface area (Å²) < 4.78 is 3.60. The fraction of sp³-hybridized carbons (Fsp3) is 0.250. The van der Waals surface area contributed by atoms with Crippen LogP contribution in [-0.2, 0) is 22.9 Å². The van der Waals surface area contributed by atoms with Gasteiger partial charge in [-0.3, -0.25) is 0 Å². The molecule has 2 aliphatic rings. The van der Waals surface area contributed by atoms with E-state index in [0.717, 1.165) is 0 Å². The van der Waals surface area contributed by atoms with Crippen molar-refractivity contribution in [2.24, 2.45) is 0 Å². The van der Waals surface area contributed by atoms with Gasteiger partial charge in [0.1, 0.15) is 0 Å². The first-order chi connectivity index (χ1) is 4.45. The largest absolute Gasteiger partial charge is 0.147 e. The minimum Gasteiger partial charge on any atom is -0.147 e. The molecule has 0 N–H and O–H groups in total. The molecule has 0 unspecified atom stereocenters. The maximum absolute atomic E-state index is 2.39. The van der Waals surface area contributed by atoms with Gasteiger partial charge in [-0.25, -0.2) is 0 Å². The van der Waals surface area contributed by atoms with Gasteiger partial charge < -0.3 is 0 Å². The average molecular weight is 356 g/mol. The Labute approximate surface area is 91.0 Å². The second-order valence-corrected chi connectivity index (χ2v) is 7.90. The van der Waals surface area contributed by atoms with Crippen LogP contribution in [0.2, 0.25) is 0 Å². The molecular formula is C8H10Cl2Hf. The first kappa shape index (κ1) is 11.7. The number of allylic oxidation sites excluding steroid dienone is 6. The second kappa shape index (κ2) is 5.34.